The average Bonchev–Trinajstić information content (AvgIpc) is 2.34. The summed E-state index contributed by atoms with van der Waals surface area (Å²) in [5.41, 5.74) is 6.92. The molecule has 0 aromatic heterocycles. The van der Waals surface area contributed by atoms with Crippen molar-refractivity contribution >= 4 is 12.0 Å². The van der Waals surface area contributed by atoms with Crippen LogP contribution in [0.2, 0.25) is 0 Å². The normalized spacial score (nSPS) is 12.5. The molecule has 0 aliphatic rings. The summed E-state index contributed by atoms with van der Waals surface area (Å²) in [5.74, 6) is 0.317. The smallest absolute Gasteiger partial charge is 0.337 e. The molecule has 1 aromatic rings. The van der Waals surface area contributed by atoms with Crippen molar-refractivity contribution in [1.82, 2.24) is 0 Å². The minimum Gasteiger partial charge on any atom is -0.496 e. The van der Waals surface area contributed by atoms with Crippen LogP contribution in [-0.4, -0.2) is 26.2 Å². The molecule has 4 heteroatoms. The van der Waals surface area contributed by atoms with Crippen LogP contribution in [0.15, 0.2) is 24.3 Å². The van der Waals surface area contributed by atoms with Gasteiger partial charge in [0.05, 0.1) is 19.8 Å². The number of hydrogen-bond acceptors (Lipinski definition) is 4. The Kier molecular flexibility index (Phi) is 4.72. The van der Waals surface area contributed by atoms with E-state index >= 15 is 0 Å². The first-order valence-electron chi connectivity index (χ1n) is 5.28. The van der Waals surface area contributed by atoms with Gasteiger partial charge in [-0.15, -0.1) is 0 Å². The molecular weight excluding hydrogens is 218 g/mol. The third-order valence-electron chi connectivity index (χ3n) is 2.23. The standard InChI is InChI=1S/C13H17NO3/c1-9(14)4-5-10-8-11(13(15)17-3)6-7-12(10)16-2/h4-9H,14H2,1-3H3/b5-4+. The van der Waals surface area contributed by atoms with E-state index in [0.717, 1.165) is 5.56 Å². The quantitative estimate of drug-likeness (QED) is 0.809. The third kappa shape index (κ3) is 3.60. The average molecular weight is 235 g/mol. The predicted octanol–water partition coefficient (Wildman–Crippen LogP) is 1.84. The number of carbonyl (C=O) groups is 1. The Labute approximate surface area is 101 Å². The van der Waals surface area contributed by atoms with E-state index in [1.54, 1.807) is 25.3 Å². The summed E-state index contributed by atoms with van der Waals surface area (Å²) >= 11 is 0. The summed E-state index contributed by atoms with van der Waals surface area (Å²) in [7, 11) is 2.93. The topological polar surface area (TPSA) is 61.5 Å². The Morgan fingerprint density at radius 3 is 2.65 bits per heavy atom. The zero-order chi connectivity index (χ0) is 12.8. The molecule has 0 fully saturated rings. The molecule has 1 atom stereocenters. The van der Waals surface area contributed by atoms with Crippen LogP contribution in [0.5, 0.6) is 5.75 Å². The van der Waals surface area contributed by atoms with Gasteiger partial charge in [0.25, 0.3) is 0 Å². The molecule has 0 amide bonds. The SMILES string of the molecule is COC(=O)c1ccc(OC)c(/C=C/C(C)N)c1. The molecule has 0 saturated carbocycles. The largest absolute Gasteiger partial charge is 0.496 e. The second-order valence-corrected chi connectivity index (χ2v) is 3.67. The van der Waals surface area contributed by atoms with E-state index in [1.165, 1.54) is 7.11 Å². The van der Waals surface area contributed by atoms with Crippen LogP contribution in [0, 0.1) is 0 Å². The lowest BCUT2D eigenvalue weighted by molar-refractivity contribution is 0.0600. The van der Waals surface area contributed by atoms with Crippen molar-refractivity contribution in [1.29, 1.82) is 0 Å². The Morgan fingerprint density at radius 1 is 1.41 bits per heavy atom. The van der Waals surface area contributed by atoms with Crippen molar-refractivity contribution in [3.63, 3.8) is 0 Å². The van der Waals surface area contributed by atoms with E-state index < -0.39 is 0 Å². The van der Waals surface area contributed by atoms with Gasteiger partial charge in [-0.05, 0) is 25.1 Å². The minimum atomic E-state index is -0.372. The molecule has 1 rings (SSSR count). The highest BCUT2D eigenvalue weighted by Gasteiger charge is 2.08. The van der Waals surface area contributed by atoms with E-state index in [9.17, 15) is 4.79 Å². The molecule has 0 spiro atoms. The summed E-state index contributed by atoms with van der Waals surface area (Å²) in [5, 5.41) is 0. The number of ether oxygens (including phenoxy) is 2. The molecular formula is C13H17NO3. The second-order valence-electron chi connectivity index (χ2n) is 3.67. The number of nitrogens with two attached hydrogens (primary N) is 1. The number of methoxy groups -OCH3 is 2. The van der Waals surface area contributed by atoms with E-state index in [2.05, 4.69) is 4.74 Å². The lowest BCUT2D eigenvalue weighted by Crippen LogP contribution is -2.10. The predicted molar refractivity (Wildman–Crippen MR) is 67.0 cm³/mol. The first-order valence-corrected chi connectivity index (χ1v) is 5.28. The number of rotatable bonds is 4. The highest BCUT2D eigenvalue weighted by Crippen LogP contribution is 2.21. The second kappa shape index (κ2) is 6.06. The van der Waals surface area contributed by atoms with Crippen LogP contribution in [0.3, 0.4) is 0 Å². The summed E-state index contributed by atoms with van der Waals surface area (Å²) < 4.78 is 9.86. The van der Waals surface area contributed by atoms with Gasteiger partial charge in [0.15, 0.2) is 0 Å². The fourth-order valence-corrected chi connectivity index (χ4v) is 1.36. The molecule has 1 aromatic carbocycles. The summed E-state index contributed by atoms with van der Waals surface area (Å²) in [6.07, 6.45) is 3.66. The van der Waals surface area contributed by atoms with Crippen LogP contribution in [-0.2, 0) is 4.74 Å². The zero-order valence-corrected chi connectivity index (χ0v) is 10.3. The first kappa shape index (κ1) is 13.3. The molecule has 0 saturated heterocycles. The Bertz CT molecular complexity index is 425. The van der Waals surface area contributed by atoms with Crippen molar-refractivity contribution in [2.75, 3.05) is 14.2 Å². The van der Waals surface area contributed by atoms with Crippen LogP contribution in [0.1, 0.15) is 22.8 Å². The minimum absolute atomic E-state index is 0.0542. The number of benzene rings is 1. The highest BCUT2D eigenvalue weighted by atomic mass is 16.5. The van der Waals surface area contributed by atoms with Gasteiger partial charge in [0.1, 0.15) is 5.75 Å². The number of hydrogen-bond donors (Lipinski definition) is 1. The fourth-order valence-electron chi connectivity index (χ4n) is 1.36. The maximum absolute atomic E-state index is 11.4. The maximum atomic E-state index is 11.4. The highest BCUT2D eigenvalue weighted by molar-refractivity contribution is 5.90. The molecule has 1 unspecified atom stereocenters. The molecule has 4 nitrogen and oxygen atoms in total. The Balaban J connectivity index is 3.10. The van der Waals surface area contributed by atoms with Gasteiger partial charge in [-0.3, -0.25) is 0 Å². The number of carbonyl (C=O) groups excluding carboxylic acids is 1. The van der Waals surface area contributed by atoms with Gasteiger partial charge in [0.2, 0.25) is 0 Å². The zero-order valence-electron chi connectivity index (χ0n) is 10.3. The van der Waals surface area contributed by atoms with Gasteiger partial charge >= 0.3 is 5.97 Å². The molecule has 0 aliphatic heterocycles. The Hall–Kier alpha value is -1.81. The maximum Gasteiger partial charge on any atom is 0.337 e. The van der Waals surface area contributed by atoms with Gasteiger partial charge < -0.3 is 15.2 Å². The molecule has 0 heterocycles. The molecule has 2 N–H and O–H groups in total. The lowest BCUT2D eigenvalue weighted by Gasteiger charge is -2.07. The van der Waals surface area contributed by atoms with Crippen LogP contribution < -0.4 is 10.5 Å². The van der Waals surface area contributed by atoms with Gasteiger partial charge in [-0.1, -0.05) is 12.2 Å². The van der Waals surface area contributed by atoms with Gasteiger partial charge in [-0.2, -0.15) is 0 Å². The lowest BCUT2D eigenvalue weighted by atomic mass is 10.1. The van der Waals surface area contributed by atoms with E-state index in [-0.39, 0.29) is 12.0 Å². The molecule has 0 radical (unpaired) electrons. The van der Waals surface area contributed by atoms with Crippen molar-refractivity contribution in [3.05, 3.63) is 35.4 Å². The third-order valence-corrected chi connectivity index (χ3v) is 2.23. The Morgan fingerprint density at radius 2 is 2.12 bits per heavy atom. The first-order chi connectivity index (χ1) is 8.08. The summed E-state index contributed by atoms with van der Waals surface area (Å²) in [6.45, 7) is 1.87. The van der Waals surface area contributed by atoms with E-state index in [0.29, 0.717) is 11.3 Å². The molecule has 92 valence electrons. The summed E-state index contributed by atoms with van der Waals surface area (Å²) in [6, 6.07) is 5.05. The fraction of sp³-hybridized carbons (Fsp3) is 0.308. The summed E-state index contributed by atoms with van der Waals surface area (Å²) in [4.78, 5) is 11.4. The van der Waals surface area contributed by atoms with Crippen molar-refractivity contribution in [2.45, 2.75) is 13.0 Å². The van der Waals surface area contributed by atoms with Crippen molar-refractivity contribution in [3.8, 4) is 5.75 Å². The van der Waals surface area contributed by atoms with E-state index in [4.69, 9.17) is 10.5 Å². The van der Waals surface area contributed by atoms with Gasteiger partial charge in [-0.25, -0.2) is 4.79 Å². The number of esters is 1. The van der Waals surface area contributed by atoms with E-state index in [1.807, 2.05) is 19.1 Å². The molecule has 0 aliphatic carbocycles. The monoisotopic (exact) mass is 235 g/mol. The molecule has 17 heavy (non-hydrogen) atoms. The van der Waals surface area contributed by atoms with Crippen molar-refractivity contribution < 1.29 is 14.3 Å². The van der Waals surface area contributed by atoms with Crippen LogP contribution >= 0.6 is 0 Å². The van der Waals surface area contributed by atoms with Gasteiger partial charge in [0, 0.05) is 11.6 Å². The van der Waals surface area contributed by atoms with Crippen molar-refractivity contribution in [2.24, 2.45) is 5.73 Å². The van der Waals surface area contributed by atoms with Crippen LogP contribution in [0.25, 0.3) is 6.08 Å². The van der Waals surface area contributed by atoms with Crippen LogP contribution in [0.4, 0.5) is 0 Å². The molecule has 0 bridgehead atoms.